The van der Waals surface area contributed by atoms with E-state index in [2.05, 4.69) is 10.3 Å². The number of hydrogen-bond donors (Lipinski definition) is 1. The molecule has 2 aliphatic rings. The number of nitrogens with zero attached hydrogens (tertiary/aromatic N) is 3. The summed E-state index contributed by atoms with van der Waals surface area (Å²) < 4.78 is 32.3. The third-order valence-electron chi connectivity index (χ3n) is 5.50. The van der Waals surface area contributed by atoms with Gasteiger partial charge >= 0.3 is 0 Å². The van der Waals surface area contributed by atoms with Gasteiger partial charge in [-0.25, -0.2) is 13.4 Å². The molecule has 1 amide bonds. The van der Waals surface area contributed by atoms with Gasteiger partial charge in [0.15, 0.2) is 0 Å². The molecule has 4 rings (SSSR count). The normalized spacial score (nSPS) is 18.9. The van der Waals surface area contributed by atoms with Crippen LogP contribution in [0.15, 0.2) is 53.6 Å². The number of rotatable bonds is 5. The van der Waals surface area contributed by atoms with E-state index in [1.807, 2.05) is 6.07 Å². The van der Waals surface area contributed by atoms with Crippen LogP contribution in [-0.4, -0.2) is 73.9 Å². The first-order chi connectivity index (χ1) is 14.5. The maximum Gasteiger partial charge on any atom is 0.255 e. The van der Waals surface area contributed by atoms with E-state index in [0.29, 0.717) is 68.5 Å². The Morgan fingerprint density at radius 2 is 1.70 bits per heavy atom. The van der Waals surface area contributed by atoms with Crippen LogP contribution in [0, 0.1) is 0 Å². The Morgan fingerprint density at radius 3 is 2.33 bits per heavy atom. The van der Waals surface area contributed by atoms with Gasteiger partial charge in [-0.1, -0.05) is 18.2 Å². The minimum absolute atomic E-state index is 0.0308. The molecular formula is C21H26N4O4S. The summed E-state index contributed by atoms with van der Waals surface area (Å²) in [6.45, 7) is 3.26. The van der Waals surface area contributed by atoms with Crippen molar-refractivity contribution in [3.8, 4) is 0 Å². The SMILES string of the molecule is O=C(c1ccc(NC2CCN(S(=O)(=O)c3ccccc3)CC2)nc1)N1CCOCC1. The van der Waals surface area contributed by atoms with E-state index in [9.17, 15) is 13.2 Å². The lowest BCUT2D eigenvalue weighted by Gasteiger charge is -2.32. The Hall–Kier alpha value is -2.49. The van der Waals surface area contributed by atoms with E-state index in [-0.39, 0.29) is 11.9 Å². The van der Waals surface area contributed by atoms with Crippen molar-refractivity contribution in [1.82, 2.24) is 14.2 Å². The third kappa shape index (κ3) is 4.63. The molecule has 9 heteroatoms. The first-order valence-corrected chi connectivity index (χ1v) is 11.6. The van der Waals surface area contributed by atoms with Gasteiger partial charge in [0.2, 0.25) is 10.0 Å². The molecule has 3 heterocycles. The summed E-state index contributed by atoms with van der Waals surface area (Å²) in [6.07, 6.45) is 2.99. The number of nitrogens with one attached hydrogen (secondary N) is 1. The Kier molecular flexibility index (Phi) is 6.31. The summed E-state index contributed by atoms with van der Waals surface area (Å²) in [5.74, 6) is 0.662. The maximum absolute atomic E-state index is 12.7. The zero-order valence-electron chi connectivity index (χ0n) is 16.7. The monoisotopic (exact) mass is 430 g/mol. The lowest BCUT2D eigenvalue weighted by Crippen LogP contribution is -2.42. The lowest BCUT2D eigenvalue weighted by atomic mass is 10.1. The number of piperidine rings is 1. The third-order valence-corrected chi connectivity index (χ3v) is 7.41. The van der Waals surface area contributed by atoms with Gasteiger partial charge in [0, 0.05) is 38.4 Å². The lowest BCUT2D eigenvalue weighted by molar-refractivity contribution is 0.0302. The molecule has 1 N–H and O–H groups in total. The highest BCUT2D eigenvalue weighted by Crippen LogP contribution is 2.22. The molecule has 2 aromatic rings. The second-order valence-corrected chi connectivity index (χ2v) is 9.41. The Labute approximate surface area is 176 Å². The molecule has 0 spiro atoms. The van der Waals surface area contributed by atoms with E-state index in [1.165, 1.54) is 4.31 Å². The van der Waals surface area contributed by atoms with Gasteiger partial charge in [0.05, 0.1) is 23.7 Å². The number of amides is 1. The number of morpholine rings is 1. The molecule has 0 atom stereocenters. The molecular weight excluding hydrogens is 404 g/mol. The van der Waals surface area contributed by atoms with Gasteiger partial charge in [-0.3, -0.25) is 4.79 Å². The largest absolute Gasteiger partial charge is 0.378 e. The van der Waals surface area contributed by atoms with E-state index >= 15 is 0 Å². The van der Waals surface area contributed by atoms with Crippen molar-refractivity contribution in [2.24, 2.45) is 0 Å². The highest BCUT2D eigenvalue weighted by atomic mass is 32.2. The van der Waals surface area contributed by atoms with Crippen molar-refractivity contribution in [2.45, 2.75) is 23.8 Å². The fourth-order valence-electron chi connectivity index (χ4n) is 3.75. The molecule has 0 bridgehead atoms. The number of hydrogen-bond acceptors (Lipinski definition) is 6. The Balaban J connectivity index is 1.31. The predicted molar refractivity (Wildman–Crippen MR) is 113 cm³/mol. The number of ether oxygens (including phenoxy) is 1. The zero-order chi connectivity index (χ0) is 21.0. The van der Waals surface area contributed by atoms with Crippen LogP contribution in [0.5, 0.6) is 0 Å². The molecule has 30 heavy (non-hydrogen) atoms. The van der Waals surface area contributed by atoms with Crippen molar-refractivity contribution in [3.05, 3.63) is 54.2 Å². The van der Waals surface area contributed by atoms with Crippen LogP contribution in [0.4, 0.5) is 5.82 Å². The quantitative estimate of drug-likeness (QED) is 0.778. The van der Waals surface area contributed by atoms with Gasteiger partial charge in [0.25, 0.3) is 5.91 Å². The molecule has 8 nitrogen and oxygen atoms in total. The highest BCUT2D eigenvalue weighted by Gasteiger charge is 2.29. The first kappa shape index (κ1) is 20.8. The summed E-state index contributed by atoms with van der Waals surface area (Å²) >= 11 is 0. The van der Waals surface area contributed by atoms with E-state index in [4.69, 9.17) is 4.74 Å². The fourth-order valence-corrected chi connectivity index (χ4v) is 5.24. The molecule has 0 aliphatic carbocycles. The number of benzene rings is 1. The minimum atomic E-state index is -3.45. The van der Waals surface area contributed by atoms with Crippen LogP contribution in [0.3, 0.4) is 0 Å². The minimum Gasteiger partial charge on any atom is -0.378 e. The summed E-state index contributed by atoms with van der Waals surface area (Å²) in [6, 6.07) is 12.3. The Bertz CT molecular complexity index is 952. The molecule has 0 unspecified atom stereocenters. The summed E-state index contributed by atoms with van der Waals surface area (Å²) in [4.78, 5) is 19.0. The second-order valence-electron chi connectivity index (χ2n) is 7.47. The molecule has 1 aromatic heterocycles. The molecule has 2 fully saturated rings. The molecule has 2 saturated heterocycles. The molecule has 0 saturated carbocycles. The molecule has 2 aliphatic heterocycles. The number of carbonyl (C=O) groups is 1. The van der Waals surface area contributed by atoms with Crippen LogP contribution < -0.4 is 5.32 Å². The van der Waals surface area contributed by atoms with Crippen LogP contribution in [-0.2, 0) is 14.8 Å². The fraction of sp³-hybridized carbons (Fsp3) is 0.429. The van der Waals surface area contributed by atoms with Crippen molar-refractivity contribution in [2.75, 3.05) is 44.7 Å². The zero-order valence-corrected chi connectivity index (χ0v) is 17.6. The first-order valence-electron chi connectivity index (χ1n) is 10.2. The average Bonchev–Trinajstić information content (AvgIpc) is 2.81. The number of anilines is 1. The highest BCUT2D eigenvalue weighted by molar-refractivity contribution is 7.89. The van der Waals surface area contributed by atoms with Gasteiger partial charge in [-0.15, -0.1) is 0 Å². The van der Waals surface area contributed by atoms with Crippen molar-refractivity contribution < 1.29 is 17.9 Å². The molecule has 160 valence electrons. The number of aromatic nitrogens is 1. The van der Waals surface area contributed by atoms with Crippen LogP contribution in [0.25, 0.3) is 0 Å². The van der Waals surface area contributed by atoms with Gasteiger partial charge in [-0.05, 0) is 37.1 Å². The second kappa shape index (κ2) is 9.11. The van der Waals surface area contributed by atoms with Gasteiger partial charge in [-0.2, -0.15) is 4.31 Å². The van der Waals surface area contributed by atoms with Crippen molar-refractivity contribution in [1.29, 1.82) is 0 Å². The van der Waals surface area contributed by atoms with Gasteiger partial charge < -0.3 is 15.0 Å². The predicted octanol–water partition coefficient (Wildman–Crippen LogP) is 1.82. The van der Waals surface area contributed by atoms with Gasteiger partial charge in [0.1, 0.15) is 5.82 Å². The maximum atomic E-state index is 12.7. The van der Waals surface area contributed by atoms with Crippen LogP contribution in [0.2, 0.25) is 0 Å². The number of pyridine rings is 1. The van der Waals surface area contributed by atoms with E-state index in [0.717, 1.165) is 0 Å². The molecule has 0 radical (unpaired) electrons. The smallest absolute Gasteiger partial charge is 0.255 e. The summed E-state index contributed by atoms with van der Waals surface area (Å²) in [7, 11) is -3.45. The van der Waals surface area contributed by atoms with Crippen LogP contribution >= 0.6 is 0 Å². The van der Waals surface area contributed by atoms with E-state index in [1.54, 1.807) is 47.5 Å². The molecule has 1 aromatic carbocycles. The average molecular weight is 431 g/mol. The topological polar surface area (TPSA) is 91.8 Å². The van der Waals surface area contributed by atoms with Crippen molar-refractivity contribution in [3.63, 3.8) is 0 Å². The summed E-state index contributed by atoms with van der Waals surface area (Å²) in [5.41, 5.74) is 0.561. The summed E-state index contributed by atoms with van der Waals surface area (Å²) in [5, 5.41) is 3.36. The number of sulfonamides is 1. The van der Waals surface area contributed by atoms with E-state index < -0.39 is 10.0 Å². The van der Waals surface area contributed by atoms with Crippen LogP contribution in [0.1, 0.15) is 23.2 Å². The van der Waals surface area contributed by atoms with Crippen molar-refractivity contribution >= 4 is 21.7 Å². The standard InChI is InChI=1S/C21H26N4O4S/c26-21(24-12-14-29-15-13-24)17-6-7-20(22-16-17)23-18-8-10-25(11-9-18)30(27,28)19-4-2-1-3-5-19/h1-7,16,18H,8-15H2,(H,22,23). The Morgan fingerprint density at radius 1 is 1.00 bits per heavy atom. The number of carbonyl (C=O) groups excluding carboxylic acids is 1.